The van der Waals surface area contributed by atoms with Crippen LogP contribution in [0.15, 0.2) is 36.4 Å². The molecule has 22 heavy (non-hydrogen) atoms. The summed E-state index contributed by atoms with van der Waals surface area (Å²) in [5.41, 5.74) is 1.09. The van der Waals surface area contributed by atoms with Crippen LogP contribution in [0.1, 0.15) is 18.4 Å². The fourth-order valence-corrected chi connectivity index (χ4v) is 4.46. The van der Waals surface area contributed by atoms with Crippen molar-refractivity contribution in [1.82, 2.24) is 9.80 Å². The van der Waals surface area contributed by atoms with E-state index in [9.17, 15) is 4.39 Å². The minimum atomic E-state index is -0.125. The van der Waals surface area contributed by atoms with Crippen molar-refractivity contribution in [2.24, 2.45) is 17.8 Å². The molecular weight excluding hydrogens is 275 g/mol. The lowest BCUT2D eigenvalue weighted by Gasteiger charge is -2.37. The second kappa shape index (κ2) is 6.13. The highest BCUT2D eigenvalue weighted by molar-refractivity contribution is 5.16. The minimum Gasteiger partial charge on any atom is -0.300 e. The van der Waals surface area contributed by atoms with Gasteiger partial charge in [0.1, 0.15) is 5.82 Å². The van der Waals surface area contributed by atoms with Gasteiger partial charge in [0, 0.05) is 39.3 Å². The summed E-state index contributed by atoms with van der Waals surface area (Å²) in [5.74, 6) is 2.50. The maximum atomic E-state index is 13.3. The van der Waals surface area contributed by atoms with Crippen molar-refractivity contribution >= 4 is 0 Å². The Balaban J connectivity index is 1.25. The molecule has 2 fully saturated rings. The first-order valence-corrected chi connectivity index (χ1v) is 8.64. The third-order valence-corrected chi connectivity index (χ3v) is 5.67. The van der Waals surface area contributed by atoms with E-state index in [1.165, 1.54) is 25.5 Å². The lowest BCUT2D eigenvalue weighted by Crippen LogP contribution is -2.47. The van der Waals surface area contributed by atoms with Crippen LogP contribution >= 0.6 is 0 Å². The fraction of sp³-hybridized carbons (Fsp3) is 0.579. The number of nitrogens with zero attached hydrogens (tertiary/aromatic N) is 2. The Morgan fingerprint density at radius 2 is 1.82 bits per heavy atom. The molecule has 0 unspecified atom stereocenters. The minimum absolute atomic E-state index is 0.125. The predicted molar refractivity (Wildman–Crippen MR) is 87.0 cm³/mol. The lowest BCUT2D eigenvalue weighted by atomic mass is 9.93. The Labute approximate surface area is 132 Å². The molecule has 1 heterocycles. The molecule has 0 radical (unpaired) electrons. The van der Waals surface area contributed by atoms with Crippen LogP contribution in [-0.2, 0) is 6.54 Å². The van der Waals surface area contributed by atoms with E-state index < -0.39 is 0 Å². The molecule has 1 aromatic rings. The zero-order valence-electron chi connectivity index (χ0n) is 13.1. The first kappa shape index (κ1) is 14.4. The van der Waals surface area contributed by atoms with Crippen molar-refractivity contribution in [2.75, 3.05) is 32.7 Å². The molecule has 0 aromatic heterocycles. The molecule has 4 rings (SSSR count). The molecule has 1 aromatic carbocycles. The SMILES string of the molecule is Fc1cccc(CN2CCN(C[C@H]3C[C@@H]4C=C[C@@H]3C4)CC2)c1. The average molecular weight is 300 g/mol. The van der Waals surface area contributed by atoms with Crippen LogP contribution in [0.3, 0.4) is 0 Å². The van der Waals surface area contributed by atoms with Crippen LogP contribution in [0.4, 0.5) is 4.39 Å². The Kier molecular flexibility index (Phi) is 4.01. The van der Waals surface area contributed by atoms with Gasteiger partial charge in [-0.3, -0.25) is 4.90 Å². The van der Waals surface area contributed by atoms with Gasteiger partial charge >= 0.3 is 0 Å². The molecule has 0 spiro atoms. The Bertz CT molecular complexity index is 548. The maximum absolute atomic E-state index is 13.3. The van der Waals surface area contributed by atoms with E-state index in [0.717, 1.165) is 56.0 Å². The van der Waals surface area contributed by atoms with Crippen LogP contribution in [0.2, 0.25) is 0 Å². The van der Waals surface area contributed by atoms with Crippen molar-refractivity contribution in [3.8, 4) is 0 Å². The monoisotopic (exact) mass is 300 g/mol. The number of rotatable bonds is 4. The highest BCUT2D eigenvalue weighted by atomic mass is 19.1. The second-order valence-corrected chi connectivity index (χ2v) is 7.25. The first-order chi connectivity index (χ1) is 10.8. The zero-order valence-corrected chi connectivity index (χ0v) is 13.1. The van der Waals surface area contributed by atoms with Crippen molar-refractivity contribution in [1.29, 1.82) is 0 Å². The largest absolute Gasteiger partial charge is 0.300 e. The Morgan fingerprint density at radius 1 is 1.00 bits per heavy atom. The van der Waals surface area contributed by atoms with Gasteiger partial charge in [-0.25, -0.2) is 4.39 Å². The molecule has 2 aliphatic carbocycles. The standard InChI is InChI=1S/C19H25FN2/c20-19-3-1-2-16(12-19)13-21-6-8-22(9-7-21)14-18-11-15-4-5-17(18)10-15/h1-5,12,15,17-18H,6-11,13-14H2/t15-,17-,18-/m1/s1. The van der Waals surface area contributed by atoms with Crippen LogP contribution in [0.5, 0.6) is 0 Å². The molecule has 2 nitrogen and oxygen atoms in total. The normalized spacial score (nSPS) is 32.0. The molecule has 3 atom stereocenters. The second-order valence-electron chi connectivity index (χ2n) is 7.25. The first-order valence-electron chi connectivity index (χ1n) is 8.64. The maximum Gasteiger partial charge on any atom is 0.123 e. The van der Waals surface area contributed by atoms with Crippen LogP contribution in [0.25, 0.3) is 0 Å². The van der Waals surface area contributed by atoms with E-state index in [1.807, 2.05) is 12.1 Å². The van der Waals surface area contributed by atoms with Crippen LogP contribution in [0, 0.1) is 23.6 Å². The van der Waals surface area contributed by atoms with Crippen molar-refractivity contribution in [3.63, 3.8) is 0 Å². The summed E-state index contributed by atoms with van der Waals surface area (Å²) < 4.78 is 13.3. The summed E-state index contributed by atoms with van der Waals surface area (Å²) in [7, 11) is 0. The molecule has 3 aliphatic rings. The van der Waals surface area contributed by atoms with Gasteiger partial charge in [0.2, 0.25) is 0 Å². The quantitative estimate of drug-likeness (QED) is 0.788. The number of hydrogen-bond acceptors (Lipinski definition) is 2. The molecule has 1 saturated carbocycles. The number of piperazine rings is 1. The van der Waals surface area contributed by atoms with Crippen molar-refractivity contribution in [2.45, 2.75) is 19.4 Å². The van der Waals surface area contributed by atoms with E-state index in [-0.39, 0.29) is 5.82 Å². The number of halogens is 1. The van der Waals surface area contributed by atoms with Crippen molar-refractivity contribution < 1.29 is 4.39 Å². The third-order valence-electron chi connectivity index (χ3n) is 5.67. The molecule has 0 N–H and O–H groups in total. The highest BCUT2D eigenvalue weighted by Crippen LogP contribution is 2.43. The van der Waals surface area contributed by atoms with E-state index in [1.54, 1.807) is 6.07 Å². The smallest absolute Gasteiger partial charge is 0.123 e. The van der Waals surface area contributed by atoms with E-state index >= 15 is 0 Å². The van der Waals surface area contributed by atoms with Gasteiger partial charge in [-0.2, -0.15) is 0 Å². The fourth-order valence-electron chi connectivity index (χ4n) is 4.46. The number of benzene rings is 1. The Hall–Kier alpha value is -1.19. The number of fused-ring (bicyclic) bond motifs is 2. The summed E-state index contributed by atoms with van der Waals surface area (Å²) in [6.45, 7) is 6.68. The molecule has 118 valence electrons. The van der Waals surface area contributed by atoms with Crippen LogP contribution in [-0.4, -0.2) is 42.5 Å². The zero-order chi connectivity index (χ0) is 14.9. The van der Waals surface area contributed by atoms with Gasteiger partial charge in [-0.15, -0.1) is 0 Å². The van der Waals surface area contributed by atoms with Gasteiger partial charge < -0.3 is 4.90 Å². The molecule has 1 aliphatic heterocycles. The van der Waals surface area contributed by atoms with E-state index in [2.05, 4.69) is 22.0 Å². The third kappa shape index (κ3) is 3.11. The summed E-state index contributed by atoms with van der Waals surface area (Å²) in [5, 5.41) is 0. The Morgan fingerprint density at radius 3 is 2.50 bits per heavy atom. The number of allylic oxidation sites excluding steroid dienone is 2. The summed E-state index contributed by atoms with van der Waals surface area (Å²) in [6, 6.07) is 7.01. The summed E-state index contributed by atoms with van der Waals surface area (Å²) in [4.78, 5) is 5.09. The molecular formula is C19H25FN2. The van der Waals surface area contributed by atoms with Gasteiger partial charge in [0.05, 0.1) is 0 Å². The van der Waals surface area contributed by atoms with Gasteiger partial charge in [0.25, 0.3) is 0 Å². The van der Waals surface area contributed by atoms with Gasteiger partial charge in [0.15, 0.2) is 0 Å². The topological polar surface area (TPSA) is 6.48 Å². The van der Waals surface area contributed by atoms with Gasteiger partial charge in [-0.05, 0) is 48.3 Å². The van der Waals surface area contributed by atoms with Crippen molar-refractivity contribution in [3.05, 3.63) is 47.8 Å². The average Bonchev–Trinajstić information content (AvgIpc) is 3.12. The van der Waals surface area contributed by atoms with E-state index in [4.69, 9.17) is 0 Å². The molecule has 3 heteroatoms. The lowest BCUT2D eigenvalue weighted by molar-refractivity contribution is 0.108. The highest BCUT2D eigenvalue weighted by Gasteiger charge is 2.36. The number of hydrogen-bond donors (Lipinski definition) is 0. The predicted octanol–water partition coefficient (Wildman–Crippen LogP) is 3.16. The summed E-state index contributed by atoms with van der Waals surface area (Å²) >= 11 is 0. The van der Waals surface area contributed by atoms with E-state index in [0.29, 0.717) is 0 Å². The van der Waals surface area contributed by atoms with Crippen LogP contribution < -0.4 is 0 Å². The molecule has 1 saturated heterocycles. The summed E-state index contributed by atoms with van der Waals surface area (Å²) in [6.07, 6.45) is 7.70. The molecule has 2 bridgehead atoms. The van der Waals surface area contributed by atoms with Gasteiger partial charge in [-0.1, -0.05) is 24.3 Å². The molecule has 0 amide bonds.